The number of rotatable bonds is 10. The van der Waals surface area contributed by atoms with Gasteiger partial charge in [0.2, 0.25) is 0 Å². The zero-order valence-electron chi connectivity index (χ0n) is 20.5. The van der Waals surface area contributed by atoms with Crippen LogP contribution in [-0.2, 0) is 0 Å². The predicted octanol–water partition coefficient (Wildman–Crippen LogP) is 7.97. The second-order valence-electron chi connectivity index (χ2n) is 9.01. The summed E-state index contributed by atoms with van der Waals surface area (Å²) in [5.74, 6) is 5.41. The normalized spacial score (nSPS) is 12.5. The van der Waals surface area contributed by atoms with Gasteiger partial charge < -0.3 is 9.47 Å². The van der Waals surface area contributed by atoms with Gasteiger partial charge in [0.25, 0.3) is 0 Å². The molecule has 0 radical (unpaired) electrons. The minimum atomic E-state index is 0.0979. The molecule has 1 atom stereocenters. The van der Waals surface area contributed by atoms with Crippen molar-refractivity contribution in [3.8, 4) is 11.5 Å². The Morgan fingerprint density at radius 1 is 0.970 bits per heavy atom. The molecule has 3 aromatic carbocycles. The molecule has 0 aromatic heterocycles. The van der Waals surface area contributed by atoms with Crippen molar-refractivity contribution in [3.63, 3.8) is 0 Å². The third-order valence-corrected chi connectivity index (χ3v) is 6.34. The van der Waals surface area contributed by atoms with E-state index in [1.54, 1.807) is 7.11 Å². The van der Waals surface area contributed by atoms with Gasteiger partial charge in [0.1, 0.15) is 11.5 Å². The number of nitrogens with zero attached hydrogens (tertiary/aromatic N) is 1. The van der Waals surface area contributed by atoms with E-state index in [0.717, 1.165) is 46.7 Å². The van der Waals surface area contributed by atoms with Gasteiger partial charge >= 0.3 is 0 Å². The van der Waals surface area contributed by atoms with Crippen molar-refractivity contribution >= 4 is 17.1 Å². The van der Waals surface area contributed by atoms with E-state index in [9.17, 15) is 0 Å². The van der Waals surface area contributed by atoms with Crippen LogP contribution < -0.4 is 9.47 Å². The van der Waals surface area contributed by atoms with Gasteiger partial charge in [-0.15, -0.1) is 0 Å². The van der Waals surface area contributed by atoms with Gasteiger partial charge in [-0.2, -0.15) is 0 Å². The van der Waals surface area contributed by atoms with Gasteiger partial charge in [0, 0.05) is 11.0 Å². The molecule has 33 heavy (non-hydrogen) atoms. The van der Waals surface area contributed by atoms with Crippen molar-refractivity contribution in [3.05, 3.63) is 90.0 Å². The number of para-hydroxylation sites is 1. The Balaban J connectivity index is 2.10. The van der Waals surface area contributed by atoms with E-state index in [0.29, 0.717) is 12.5 Å². The molecule has 0 fully saturated rings. The number of hydrogen-bond donors (Lipinski definition) is 0. The van der Waals surface area contributed by atoms with Crippen LogP contribution in [0.15, 0.2) is 83.9 Å². The summed E-state index contributed by atoms with van der Waals surface area (Å²) in [6.45, 7) is 9.74. The van der Waals surface area contributed by atoms with Crippen molar-refractivity contribution in [1.82, 2.24) is 0 Å². The zero-order chi connectivity index (χ0) is 23.7. The molecule has 3 nitrogen and oxygen atoms in total. The highest BCUT2D eigenvalue weighted by molar-refractivity contribution is 6.01. The number of benzene rings is 3. The summed E-state index contributed by atoms with van der Waals surface area (Å²) in [5, 5.41) is 0. The molecule has 0 aliphatic carbocycles. The molecule has 0 amide bonds. The van der Waals surface area contributed by atoms with Crippen LogP contribution in [0.4, 0.5) is 5.69 Å². The molecule has 1 unspecified atom stereocenters. The van der Waals surface area contributed by atoms with Gasteiger partial charge in [0.05, 0.1) is 25.0 Å². The predicted molar refractivity (Wildman–Crippen MR) is 139 cm³/mol. The van der Waals surface area contributed by atoms with Crippen LogP contribution in [0.1, 0.15) is 51.7 Å². The van der Waals surface area contributed by atoms with Crippen molar-refractivity contribution < 1.29 is 9.47 Å². The molecule has 0 aliphatic rings. The fraction of sp³-hybridized carbons (Fsp3) is 0.333. The Morgan fingerprint density at radius 2 is 1.64 bits per heavy atom. The lowest BCUT2D eigenvalue weighted by molar-refractivity contribution is 0.0994. The second-order valence-corrected chi connectivity index (χ2v) is 9.01. The quantitative estimate of drug-likeness (QED) is 0.299. The maximum atomic E-state index is 6.51. The number of ether oxygens (including phenoxy) is 2. The monoisotopic (exact) mass is 441 g/mol. The summed E-state index contributed by atoms with van der Waals surface area (Å²) >= 11 is 0. The van der Waals surface area contributed by atoms with Crippen LogP contribution in [0.3, 0.4) is 0 Å². The Hall–Kier alpha value is -3.29. The largest absolute Gasteiger partial charge is 0.497 e. The first-order valence-corrected chi connectivity index (χ1v) is 11.7. The maximum absolute atomic E-state index is 6.51. The lowest BCUT2D eigenvalue weighted by atomic mass is 9.76. The van der Waals surface area contributed by atoms with Crippen LogP contribution >= 0.6 is 0 Å². The molecule has 3 rings (SSSR count). The minimum Gasteiger partial charge on any atom is -0.497 e. The minimum absolute atomic E-state index is 0.0979. The van der Waals surface area contributed by atoms with E-state index < -0.39 is 0 Å². The number of methoxy groups -OCH3 is 1. The third kappa shape index (κ3) is 6.37. The molecule has 172 valence electrons. The number of aliphatic imine (C=N–C) groups is 1. The van der Waals surface area contributed by atoms with Crippen molar-refractivity contribution in [1.29, 1.82) is 0 Å². The Morgan fingerprint density at radius 3 is 2.24 bits per heavy atom. The van der Waals surface area contributed by atoms with Gasteiger partial charge in [-0.25, -0.2) is 4.99 Å². The van der Waals surface area contributed by atoms with Gasteiger partial charge in [-0.3, -0.25) is 0 Å². The average Bonchev–Trinajstić information content (AvgIpc) is 2.84. The second kappa shape index (κ2) is 11.5. The summed E-state index contributed by atoms with van der Waals surface area (Å²) in [5.41, 5.74) is 3.76. The van der Waals surface area contributed by atoms with E-state index in [1.807, 2.05) is 66.7 Å². The topological polar surface area (TPSA) is 30.8 Å². The van der Waals surface area contributed by atoms with Crippen LogP contribution in [0, 0.1) is 11.3 Å². The third-order valence-electron chi connectivity index (χ3n) is 6.34. The first-order valence-electron chi connectivity index (χ1n) is 11.7. The highest BCUT2D eigenvalue weighted by atomic mass is 16.5. The molecule has 0 heterocycles. The van der Waals surface area contributed by atoms with Gasteiger partial charge in [0.15, 0.2) is 0 Å². The van der Waals surface area contributed by atoms with E-state index >= 15 is 0 Å². The van der Waals surface area contributed by atoms with E-state index in [-0.39, 0.29) is 5.41 Å². The van der Waals surface area contributed by atoms with E-state index in [1.165, 1.54) is 0 Å². The van der Waals surface area contributed by atoms with Crippen molar-refractivity contribution in [2.75, 3.05) is 13.7 Å². The molecule has 0 saturated heterocycles. The number of hydrogen-bond acceptors (Lipinski definition) is 3. The standard InChI is InChI=1S/C30H35NO2/c1-6-19-30(4,23(2)3)22-33-29-18-17-26(32-5)20-27(29)28(24-13-9-7-10-14-24)21-31-25-15-11-8-12-16-25/h7-18,20,23H,6,19,22H2,1-5H3. The van der Waals surface area contributed by atoms with Gasteiger partial charge in [-0.1, -0.05) is 82.6 Å². The molecule has 3 aromatic rings. The maximum Gasteiger partial charge on any atom is 0.128 e. The molecule has 0 saturated carbocycles. The summed E-state index contributed by atoms with van der Waals surface area (Å²) in [4.78, 5) is 4.64. The van der Waals surface area contributed by atoms with Crippen LogP contribution in [0.2, 0.25) is 0 Å². The molecule has 0 aliphatic heterocycles. The fourth-order valence-electron chi connectivity index (χ4n) is 3.81. The van der Waals surface area contributed by atoms with E-state index in [4.69, 9.17) is 9.47 Å². The van der Waals surface area contributed by atoms with Gasteiger partial charge in [-0.05, 0) is 54.1 Å². The van der Waals surface area contributed by atoms with Crippen LogP contribution in [-0.4, -0.2) is 19.6 Å². The Labute approximate surface area is 198 Å². The summed E-state index contributed by atoms with van der Waals surface area (Å²) in [7, 11) is 1.68. The smallest absolute Gasteiger partial charge is 0.128 e. The SMILES string of the molecule is CCCC(C)(COc1ccc(OC)cc1C(=C=Nc1ccccc1)c1ccccc1)C(C)C. The highest BCUT2D eigenvalue weighted by Crippen LogP contribution is 2.37. The Bertz CT molecular complexity index is 1080. The first-order chi connectivity index (χ1) is 16.0. The first kappa shape index (κ1) is 24.4. The van der Waals surface area contributed by atoms with Crippen molar-refractivity contribution in [2.45, 2.75) is 40.5 Å². The fourth-order valence-corrected chi connectivity index (χ4v) is 3.81. The van der Waals surface area contributed by atoms with Crippen LogP contribution in [0.5, 0.6) is 11.5 Å². The lowest BCUT2D eigenvalue weighted by Gasteiger charge is -2.33. The molecular formula is C30H35NO2. The molecule has 3 heteroatoms. The molecule has 0 N–H and O–H groups in total. The van der Waals surface area contributed by atoms with Crippen molar-refractivity contribution in [2.24, 2.45) is 16.3 Å². The molecule has 0 spiro atoms. The zero-order valence-corrected chi connectivity index (χ0v) is 20.5. The summed E-state index contributed by atoms with van der Waals surface area (Å²) in [6.07, 6.45) is 2.25. The molecular weight excluding hydrogens is 406 g/mol. The highest BCUT2D eigenvalue weighted by Gasteiger charge is 2.29. The van der Waals surface area contributed by atoms with E-state index in [2.05, 4.69) is 50.7 Å². The summed E-state index contributed by atoms with van der Waals surface area (Å²) < 4.78 is 12.1. The Kier molecular flexibility index (Phi) is 8.52. The molecule has 0 bridgehead atoms. The average molecular weight is 442 g/mol. The lowest BCUT2D eigenvalue weighted by Crippen LogP contribution is -2.31. The summed E-state index contributed by atoms with van der Waals surface area (Å²) in [6, 6.07) is 26.0. The van der Waals surface area contributed by atoms with Crippen LogP contribution in [0.25, 0.3) is 5.57 Å².